The third-order valence-corrected chi connectivity index (χ3v) is 6.50. The number of hydrogen-bond acceptors (Lipinski definition) is 6. The lowest BCUT2D eigenvalue weighted by Crippen LogP contribution is -2.56. The van der Waals surface area contributed by atoms with Crippen molar-refractivity contribution in [1.82, 2.24) is 20.0 Å². The molecule has 1 aromatic heterocycles. The minimum Gasteiger partial charge on any atom is -0.374 e. The molecule has 0 saturated heterocycles. The lowest BCUT2D eigenvalue weighted by molar-refractivity contribution is -0.131. The molecular weight excluding hydrogens is 591 g/mol. The molecule has 0 radical (unpaired) electrons. The lowest BCUT2D eigenvalue weighted by atomic mass is 10.0. The Morgan fingerprint density at radius 2 is 1.63 bits per heavy atom. The average Bonchev–Trinajstić information content (AvgIpc) is 3.40. The molecule has 3 amide bonds. The summed E-state index contributed by atoms with van der Waals surface area (Å²) in [5, 5.41) is 11.9. The molecule has 230 valence electrons. The van der Waals surface area contributed by atoms with Crippen LogP contribution in [0.15, 0.2) is 85.2 Å². The van der Waals surface area contributed by atoms with Crippen molar-refractivity contribution in [2.45, 2.75) is 38.1 Å². The summed E-state index contributed by atoms with van der Waals surface area (Å²) in [5.74, 6) is -1.17. The van der Waals surface area contributed by atoms with Gasteiger partial charge in [0.15, 0.2) is 6.04 Å². The van der Waals surface area contributed by atoms with Gasteiger partial charge in [0.25, 0.3) is 5.91 Å². The molecule has 43 heavy (non-hydrogen) atoms. The second-order valence-corrected chi connectivity index (χ2v) is 10.7. The van der Waals surface area contributed by atoms with Crippen LogP contribution in [0.5, 0.6) is 0 Å². The highest BCUT2D eigenvalue weighted by atomic mass is 35.5. The number of hydrogen-bond donors (Lipinski definition) is 3. The van der Waals surface area contributed by atoms with E-state index in [-0.39, 0.29) is 43.9 Å². The Hall–Kier alpha value is -3.96. The first-order valence-corrected chi connectivity index (χ1v) is 13.3. The molecule has 2 atom stereocenters. The number of likely N-dealkylation sites (N-methyl/N-ethyl adjacent to an activating group) is 1. The number of nitrogens with zero attached hydrogens (tertiary/aromatic N) is 3. The topological polar surface area (TPSA) is 132 Å². The van der Waals surface area contributed by atoms with Crippen molar-refractivity contribution < 1.29 is 19.1 Å². The number of ether oxygens (including phenoxy) is 1. The largest absolute Gasteiger partial charge is 0.374 e. The number of amides is 3. The van der Waals surface area contributed by atoms with E-state index in [9.17, 15) is 14.4 Å². The molecule has 1 unspecified atom stereocenters. The molecule has 3 aromatic carbocycles. The van der Waals surface area contributed by atoms with Crippen LogP contribution in [0.3, 0.4) is 0 Å². The lowest BCUT2D eigenvalue weighted by Gasteiger charge is -2.23. The first-order valence-electron chi connectivity index (χ1n) is 13.3. The highest BCUT2D eigenvalue weighted by Gasteiger charge is 2.29. The van der Waals surface area contributed by atoms with Crippen molar-refractivity contribution in [3.63, 3.8) is 0 Å². The van der Waals surface area contributed by atoms with Gasteiger partial charge in [0.2, 0.25) is 11.8 Å². The number of carbonyl (C=O) groups is 3. The third-order valence-electron chi connectivity index (χ3n) is 6.50. The fourth-order valence-corrected chi connectivity index (χ4v) is 4.20. The number of nitrogens with two attached hydrogens (primary N) is 1. The highest BCUT2D eigenvalue weighted by Crippen LogP contribution is 2.25. The molecule has 4 rings (SSSR count). The van der Waals surface area contributed by atoms with Gasteiger partial charge in [0.05, 0.1) is 30.6 Å². The van der Waals surface area contributed by atoms with E-state index in [4.69, 9.17) is 10.5 Å². The van der Waals surface area contributed by atoms with Crippen LogP contribution in [0.25, 0.3) is 10.8 Å². The number of aromatic nitrogens is 2. The number of fused-ring (bicyclic) bond motifs is 1. The van der Waals surface area contributed by atoms with Gasteiger partial charge in [-0.2, -0.15) is 5.10 Å². The molecule has 0 aliphatic carbocycles. The van der Waals surface area contributed by atoms with Crippen LogP contribution in [0, 0.1) is 0 Å². The predicted molar refractivity (Wildman–Crippen MR) is 172 cm³/mol. The van der Waals surface area contributed by atoms with Gasteiger partial charge in [-0.05, 0) is 41.8 Å². The number of benzene rings is 3. The van der Waals surface area contributed by atoms with Crippen molar-refractivity contribution in [1.29, 1.82) is 0 Å². The van der Waals surface area contributed by atoms with Crippen molar-refractivity contribution in [2.75, 3.05) is 26.0 Å². The van der Waals surface area contributed by atoms with Gasteiger partial charge in [-0.1, -0.05) is 66.7 Å². The summed E-state index contributed by atoms with van der Waals surface area (Å²) in [4.78, 5) is 40.7. The minimum atomic E-state index is -1.19. The summed E-state index contributed by atoms with van der Waals surface area (Å²) >= 11 is 0. The second-order valence-electron chi connectivity index (χ2n) is 10.7. The summed E-state index contributed by atoms with van der Waals surface area (Å²) in [6.07, 6.45) is 3.06. The zero-order chi connectivity index (χ0) is 29.6. The molecule has 4 aromatic rings. The molecule has 0 aliphatic rings. The summed E-state index contributed by atoms with van der Waals surface area (Å²) in [5.41, 5.74) is 6.81. The van der Waals surface area contributed by atoms with E-state index in [2.05, 4.69) is 15.7 Å². The van der Waals surface area contributed by atoms with E-state index in [1.807, 2.05) is 72.8 Å². The van der Waals surface area contributed by atoms with Gasteiger partial charge in [-0.3, -0.25) is 19.1 Å². The zero-order valence-corrected chi connectivity index (χ0v) is 26.2. The third kappa shape index (κ3) is 9.26. The van der Waals surface area contributed by atoms with E-state index in [1.165, 1.54) is 15.8 Å². The molecule has 0 bridgehead atoms. The van der Waals surface area contributed by atoms with E-state index in [1.54, 1.807) is 34.1 Å². The van der Waals surface area contributed by atoms with Crippen molar-refractivity contribution >= 4 is 59.0 Å². The maximum Gasteiger partial charge on any atom is 0.251 e. The van der Waals surface area contributed by atoms with E-state index < -0.39 is 29.4 Å². The Labute approximate surface area is 263 Å². The molecule has 0 fully saturated rings. The fraction of sp³-hybridized carbons (Fsp3) is 0.290. The molecule has 0 spiro atoms. The van der Waals surface area contributed by atoms with Gasteiger partial charge in [0.1, 0.15) is 6.04 Å². The van der Waals surface area contributed by atoms with E-state index in [0.29, 0.717) is 5.69 Å². The van der Waals surface area contributed by atoms with Crippen molar-refractivity contribution in [2.24, 2.45) is 5.73 Å². The normalized spacial score (nSPS) is 12.3. The van der Waals surface area contributed by atoms with Crippen LogP contribution in [-0.4, -0.2) is 64.7 Å². The number of carbonyl (C=O) groups excluding carboxylic acids is 3. The number of rotatable bonds is 11. The quantitative estimate of drug-likeness (QED) is 0.231. The predicted octanol–water partition coefficient (Wildman–Crippen LogP) is 3.93. The Bertz CT molecular complexity index is 1520. The van der Waals surface area contributed by atoms with Gasteiger partial charge in [0, 0.05) is 20.3 Å². The summed E-state index contributed by atoms with van der Waals surface area (Å²) in [6.45, 7) is 3.31. The van der Waals surface area contributed by atoms with Crippen LogP contribution in [0.2, 0.25) is 0 Å². The van der Waals surface area contributed by atoms with Gasteiger partial charge in [-0.15, -0.1) is 24.8 Å². The zero-order valence-electron chi connectivity index (χ0n) is 24.5. The Morgan fingerprint density at radius 3 is 2.28 bits per heavy atom. The van der Waals surface area contributed by atoms with Crippen LogP contribution < -0.4 is 16.4 Å². The second kappa shape index (κ2) is 15.5. The van der Waals surface area contributed by atoms with Crippen LogP contribution in [0.1, 0.15) is 31.0 Å². The van der Waals surface area contributed by atoms with Crippen molar-refractivity contribution in [3.8, 4) is 0 Å². The highest BCUT2D eigenvalue weighted by molar-refractivity contribution is 5.98. The SMILES string of the molecule is CN(C)C(=O)C(c1ccc2ccccc2c1)n1cc(NC(=O)[C@@H](COCc2ccccc2)NC(=O)C(C)(C)N)cn1.Cl.Cl. The van der Waals surface area contributed by atoms with E-state index in [0.717, 1.165) is 21.9 Å². The summed E-state index contributed by atoms with van der Waals surface area (Å²) in [7, 11) is 3.37. The number of halogens is 2. The maximum atomic E-state index is 13.3. The molecule has 10 nitrogen and oxygen atoms in total. The molecule has 1 heterocycles. The first kappa shape index (κ1) is 35.2. The Balaban J connectivity index is 0.00000323. The molecular formula is C31H38Cl2N6O4. The van der Waals surface area contributed by atoms with Gasteiger partial charge < -0.3 is 26.0 Å². The first-order chi connectivity index (χ1) is 19.5. The smallest absolute Gasteiger partial charge is 0.251 e. The molecule has 12 heteroatoms. The van der Waals surface area contributed by atoms with Crippen LogP contribution >= 0.6 is 24.8 Å². The molecule has 0 aliphatic heterocycles. The van der Waals surface area contributed by atoms with Gasteiger partial charge in [-0.25, -0.2) is 0 Å². The fourth-order valence-electron chi connectivity index (χ4n) is 4.20. The van der Waals surface area contributed by atoms with Crippen LogP contribution in [-0.2, 0) is 25.7 Å². The average molecular weight is 630 g/mol. The molecule has 4 N–H and O–H groups in total. The van der Waals surface area contributed by atoms with Gasteiger partial charge >= 0.3 is 0 Å². The summed E-state index contributed by atoms with van der Waals surface area (Å²) in [6, 6.07) is 21.5. The Kier molecular flexibility index (Phi) is 12.7. The van der Waals surface area contributed by atoms with Crippen molar-refractivity contribution in [3.05, 3.63) is 96.3 Å². The monoisotopic (exact) mass is 628 g/mol. The maximum absolute atomic E-state index is 13.3. The number of nitrogens with one attached hydrogen (secondary N) is 2. The molecule has 0 saturated carbocycles. The van der Waals surface area contributed by atoms with Crippen LogP contribution in [0.4, 0.5) is 5.69 Å². The van der Waals surface area contributed by atoms with E-state index >= 15 is 0 Å². The number of anilines is 1. The summed E-state index contributed by atoms with van der Waals surface area (Å²) < 4.78 is 7.28. The Morgan fingerprint density at radius 1 is 0.977 bits per heavy atom. The minimum absolute atomic E-state index is 0. The standard InChI is InChI=1S/C31H36N6O4.2ClH/c1-31(2,32)30(40)35-26(20-41-19-21-10-6-5-7-11-21)28(38)34-25-17-33-37(18-25)27(29(39)36(3)4)24-15-14-22-12-8-9-13-23(22)16-24;;/h5-18,26-27H,19-20,32H2,1-4H3,(H,34,38)(H,35,40);2*1H/t26-,27?;;/m1../s1.